The average Bonchev–Trinajstić information content (AvgIpc) is 2.53. The third-order valence-electron chi connectivity index (χ3n) is 4.18. The second-order valence-corrected chi connectivity index (χ2v) is 7.57. The van der Waals surface area contributed by atoms with Gasteiger partial charge in [-0.05, 0) is 30.4 Å². The number of rotatable bonds is 4. The highest BCUT2D eigenvalue weighted by Gasteiger charge is 2.26. The molecule has 1 aromatic carbocycles. The lowest BCUT2D eigenvalue weighted by Crippen LogP contribution is -2.47. The van der Waals surface area contributed by atoms with E-state index in [0.717, 1.165) is 12.8 Å². The quantitative estimate of drug-likeness (QED) is 0.922. The number of hydrogen-bond acceptors (Lipinski definition) is 3. The minimum absolute atomic E-state index is 0.00748. The fourth-order valence-corrected chi connectivity index (χ4v) is 2.98. The van der Waals surface area contributed by atoms with Gasteiger partial charge >= 0.3 is 0 Å². The molecule has 1 aromatic rings. The normalized spacial score (nSPS) is 15.9. The van der Waals surface area contributed by atoms with Crippen LogP contribution in [0.1, 0.15) is 50.4 Å². The van der Waals surface area contributed by atoms with Crippen molar-refractivity contribution in [2.24, 2.45) is 5.41 Å². The number of benzene rings is 1. The summed E-state index contributed by atoms with van der Waals surface area (Å²) in [5.74, 6) is 0.687. The summed E-state index contributed by atoms with van der Waals surface area (Å²) >= 11 is 0. The van der Waals surface area contributed by atoms with Gasteiger partial charge in [0.25, 0.3) is 5.91 Å². The summed E-state index contributed by atoms with van der Waals surface area (Å²) < 4.78 is 5.27. The van der Waals surface area contributed by atoms with Gasteiger partial charge in [-0.2, -0.15) is 0 Å². The van der Waals surface area contributed by atoms with E-state index in [0.29, 0.717) is 30.8 Å². The molecule has 2 amide bonds. The Bertz CT molecular complexity index is 585. The van der Waals surface area contributed by atoms with Crippen molar-refractivity contribution in [2.45, 2.75) is 46.1 Å². The van der Waals surface area contributed by atoms with Gasteiger partial charge in [0.15, 0.2) is 0 Å². The Kier molecular flexibility index (Phi) is 5.86. The Morgan fingerprint density at radius 1 is 1.21 bits per heavy atom. The third kappa shape index (κ3) is 4.98. The van der Waals surface area contributed by atoms with Gasteiger partial charge in [0.05, 0.1) is 12.7 Å². The number of piperidine rings is 1. The number of amides is 2. The highest BCUT2D eigenvalue weighted by atomic mass is 16.5. The molecule has 2 rings (SSSR count). The Hall–Kier alpha value is -2.04. The number of para-hydroxylation sites is 1. The predicted octanol–water partition coefficient (Wildman–Crippen LogP) is 2.85. The van der Waals surface area contributed by atoms with Gasteiger partial charge in [0.1, 0.15) is 5.75 Å². The lowest BCUT2D eigenvalue weighted by Gasteiger charge is -2.33. The van der Waals surface area contributed by atoms with Crippen LogP contribution in [0.4, 0.5) is 0 Å². The zero-order valence-electron chi connectivity index (χ0n) is 15.1. The molecule has 132 valence electrons. The van der Waals surface area contributed by atoms with Crippen LogP contribution in [-0.4, -0.2) is 43.0 Å². The van der Waals surface area contributed by atoms with Crippen LogP contribution in [-0.2, 0) is 4.79 Å². The number of methoxy groups -OCH3 is 1. The smallest absolute Gasteiger partial charge is 0.257 e. The fourth-order valence-electron chi connectivity index (χ4n) is 2.98. The Morgan fingerprint density at radius 2 is 1.83 bits per heavy atom. The van der Waals surface area contributed by atoms with Crippen molar-refractivity contribution in [3.05, 3.63) is 29.8 Å². The number of carbonyl (C=O) groups is 2. The minimum Gasteiger partial charge on any atom is -0.496 e. The van der Waals surface area contributed by atoms with Crippen LogP contribution < -0.4 is 10.1 Å². The van der Waals surface area contributed by atoms with E-state index in [1.54, 1.807) is 19.2 Å². The van der Waals surface area contributed by atoms with Crippen molar-refractivity contribution in [1.29, 1.82) is 0 Å². The maximum Gasteiger partial charge on any atom is 0.257 e. The van der Waals surface area contributed by atoms with Gasteiger partial charge < -0.3 is 15.0 Å². The molecule has 0 radical (unpaired) electrons. The van der Waals surface area contributed by atoms with E-state index in [9.17, 15) is 9.59 Å². The van der Waals surface area contributed by atoms with Gasteiger partial charge in [0, 0.05) is 25.6 Å². The van der Waals surface area contributed by atoms with E-state index in [1.165, 1.54) is 0 Å². The first-order chi connectivity index (χ1) is 11.3. The lowest BCUT2D eigenvalue weighted by molar-refractivity contribution is -0.123. The van der Waals surface area contributed by atoms with Crippen LogP contribution in [0.3, 0.4) is 0 Å². The molecule has 1 saturated heterocycles. The van der Waals surface area contributed by atoms with Crippen molar-refractivity contribution >= 4 is 11.8 Å². The summed E-state index contributed by atoms with van der Waals surface area (Å²) in [7, 11) is 1.57. The van der Waals surface area contributed by atoms with Gasteiger partial charge in [-0.25, -0.2) is 0 Å². The van der Waals surface area contributed by atoms with E-state index in [-0.39, 0.29) is 23.3 Å². The first-order valence-corrected chi connectivity index (χ1v) is 8.52. The average molecular weight is 332 g/mol. The second kappa shape index (κ2) is 7.69. The number of nitrogens with zero attached hydrogens (tertiary/aromatic N) is 1. The predicted molar refractivity (Wildman–Crippen MR) is 94.1 cm³/mol. The monoisotopic (exact) mass is 332 g/mol. The summed E-state index contributed by atoms with van der Waals surface area (Å²) in [4.78, 5) is 26.5. The molecule has 1 fully saturated rings. The van der Waals surface area contributed by atoms with Crippen LogP contribution >= 0.6 is 0 Å². The minimum atomic E-state index is -0.00931. The van der Waals surface area contributed by atoms with E-state index >= 15 is 0 Å². The van der Waals surface area contributed by atoms with E-state index < -0.39 is 0 Å². The molecule has 0 bridgehead atoms. The molecule has 0 saturated carbocycles. The summed E-state index contributed by atoms with van der Waals surface area (Å²) in [6.45, 7) is 7.47. The number of hydrogen-bond donors (Lipinski definition) is 1. The molecule has 1 N–H and O–H groups in total. The largest absolute Gasteiger partial charge is 0.496 e. The summed E-state index contributed by atoms with van der Waals surface area (Å²) in [5, 5.41) is 3.10. The molecular formula is C19H28N2O3. The summed E-state index contributed by atoms with van der Waals surface area (Å²) in [6.07, 6.45) is 2.10. The van der Waals surface area contributed by atoms with Crippen LogP contribution in [0.5, 0.6) is 5.75 Å². The molecule has 0 unspecified atom stereocenters. The van der Waals surface area contributed by atoms with Crippen molar-refractivity contribution < 1.29 is 14.3 Å². The van der Waals surface area contributed by atoms with Crippen LogP contribution in [0, 0.1) is 5.41 Å². The highest BCUT2D eigenvalue weighted by molar-refractivity contribution is 5.97. The van der Waals surface area contributed by atoms with Crippen LogP contribution in [0.15, 0.2) is 24.3 Å². The number of likely N-dealkylation sites (tertiary alicyclic amines) is 1. The zero-order chi connectivity index (χ0) is 17.7. The third-order valence-corrected chi connectivity index (χ3v) is 4.18. The van der Waals surface area contributed by atoms with Gasteiger partial charge in [-0.3, -0.25) is 9.59 Å². The van der Waals surface area contributed by atoms with Gasteiger partial charge in [0.2, 0.25) is 5.91 Å². The van der Waals surface area contributed by atoms with Gasteiger partial charge in [-0.15, -0.1) is 0 Å². The van der Waals surface area contributed by atoms with E-state index in [2.05, 4.69) is 26.1 Å². The van der Waals surface area contributed by atoms with E-state index in [4.69, 9.17) is 4.74 Å². The molecular weight excluding hydrogens is 304 g/mol. The van der Waals surface area contributed by atoms with Crippen molar-refractivity contribution in [1.82, 2.24) is 10.2 Å². The first-order valence-electron chi connectivity index (χ1n) is 8.52. The maximum absolute atomic E-state index is 12.7. The molecule has 0 aliphatic carbocycles. The molecule has 0 spiro atoms. The second-order valence-electron chi connectivity index (χ2n) is 7.57. The first kappa shape index (κ1) is 18.3. The molecule has 24 heavy (non-hydrogen) atoms. The topological polar surface area (TPSA) is 58.6 Å². The van der Waals surface area contributed by atoms with Gasteiger partial charge in [-0.1, -0.05) is 32.9 Å². The standard InChI is InChI=1S/C19H28N2O3/c1-19(2,3)13-17(22)20-14-9-11-21(12-10-14)18(23)15-7-5-6-8-16(15)24-4/h5-8,14H,9-13H2,1-4H3,(H,20,22). The Balaban J connectivity index is 1.88. The Labute approximate surface area is 144 Å². The van der Waals surface area contributed by atoms with Crippen molar-refractivity contribution in [3.8, 4) is 5.75 Å². The highest BCUT2D eigenvalue weighted by Crippen LogP contribution is 2.22. The lowest BCUT2D eigenvalue weighted by atomic mass is 9.91. The molecule has 0 atom stereocenters. The maximum atomic E-state index is 12.7. The number of ether oxygens (including phenoxy) is 1. The Morgan fingerprint density at radius 3 is 2.42 bits per heavy atom. The number of nitrogens with one attached hydrogen (secondary N) is 1. The molecule has 5 heteroatoms. The van der Waals surface area contributed by atoms with Crippen LogP contribution in [0.25, 0.3) is 0 Å². The molecule has 1 aliphatic rings. The molecule has 0 aromatic heterocycles. The van der Waals surface area contributed by atoms with Crippen molar-refractivity contribution in [3.63, 3.8) is 0 Å². The van der Waals surface area contributed by atoms with Crippen LogP contribution in [0.2, 0.25) is 0 Å². The molecule has 1 heterocycles. The van der Waals surface area contributed by atoms with Crippen molar-refractivity contribution in [2.75, 3.05) is 20.2 Å². The molecule has 5 nitrogen and oxygen atoms in total. The summed E-state index contributed by atoms with van der Waals surface area (Å²) in [6, 6.07) is 7.44. The molecule has 1 aliphatic heterocycles. The fraction of sp³-hybridized carbons (Fsp3) is 0.579. The SMILES string of the molecule is COc1ccccc1C(=O)N1CCC(NC(=O)CC(C)(C)C)CC1. The zero-order valence-corrected chi connectivity index (χ0v) is 15.1. The number of carbonyl (C=O) groups excluding carboxylic acids is 2. The van der Waals surface area contributed by atoms with E-state index in [1.807, 2.05) is 17.0 Å². The summed E-state index contributed by atoms with van der Waals surface area (Å²) in [5.41, 5.74) is 0.583.